The molecular formula is C22H34N8O7. The van der Waals surface area contributed by atoms with Crippen LogP contribution in [0.25, 0.3) is 0 Å². The number of rotatable bonds is 16. The summed E-state index contributed by atoms with van der Waals surface area (Å²) in [5, 5.41) is 16.1. The number of aliphatic imine (C=N–C) groups is 1. The van der Waals surface area contributed by atoms with E-state index in [1.807, 2.05) is 0 Å². The predicted octanol–water partition coefficient (Wildman–Crippen LogP) is -3.34. The van der Waals surface area contributed by atoms with Crippen LogP contribution in [-0.4, -0.2) is 79.0 Å². The molecule has 0 unspecified atom stereocenters. The number of guanidine groups is 1. The largest absolute Gasteiger partial charge is 0.497 e. The number of carboxylic acid groups (broad SMARTS) is 1. The number of carbonyl (C=O) groups is 5. The second kappa shape index (κ2) is 15.6. The predicted molar refractivity (Wildman–Crippen MR) is 133 cm³/mol. The standard InChI is InChI=1S/C22H34N8O7/c1-37-13-6-4-12(5-7-13)9-15(19(24)34)30-21(36)16(10-18(32)33)29-17(31)11-28-20(35)14(23)3-2-8-27-22(25)26/h4-7,14-16H,2-3,8-11,23H2,1H3,(H2,24,34)(H,28,35)(H,29,31)(H,30,36)(H,32,33)(H4,25,26,27)/t14-,15-,16-/m0/s1. The minimum atomic E-state index is -1.53. The van der Waals surface area contributed by atoms with Gasteiger partial charge in [-0.2, -0.15) is 0 Å². The summed E-state index contributed by atoms with van der Waals surface area (Å²) >= 11 is 0. The van der Waals surface area contributed by atoms with Crippen molar-refractivity contribution in [2.24, 2.45) is 27.9 Å². The molecule has 12 N–H and O–H groups in total. The Morgan fingerprint density at radius 2 is 1.65 bits per heavy atom. The van der Waals surface area contributed by atoms with Crippen molar-refractivity contribution in [2.45, 2.75) is 43.8 Å². The smallest absolute Gasteiger partial charge is 0.305 e. The van der Waals surface area contributed by atoms with E-state index in [-0.39, 0.29) is 25.3 Å². The van der Waals surface area contributed by atoms with E-state index in [9.17, 15) is 24.0 Å². The van der Waals surface area contributed by atoms with Crippen molar-refractivity contribution in [3.05, 3.63) is 29.8 Å². The highest BCUT2D eigenvalue weighted by molar-refractivity contribution is 5.95. The van der Waals surface area contributed by atoms with Gasteiger partial charge in [-0.25, -0.2) is 0 Å². The Balaban J connectivity index is 2.69. The van der Waals surface area contributed by atoms with E-state index in [1.165, 1.54) is 7.11 Å². The molecule has 0 aromatic heterocycles. The number of nitrogens with zero attached hydrogens (tertiary/aromatic N) is 1. The number of ether oxygens (including phenoxy) is 1. The van der Waals surface area contributed by atoms with Crippen LogP contribution in [0.5, 0.6) is 5.75 Å². The van der Waals surface area contributed by atoms with Crippen LogP contribution >= 0.6 is 0 Å². The number of nitrogens with two attached hydrogens (primary N) is 4. The average Bonchev–Trinajstić information content (AvgIpc) is 2.84. The fourth-order valence-corrected chi connectivity index (χ4v) is 3.07. The number of methoxy groups -OCH3 is 1. The molecule has 0 aliphatic rings. The molecule has 204 valence electrons. The van der Waals surface area contributed by atoms with E-state index in [1.54, 1.807) is 24.3 Å². The molecule has 0 bridgehead atoms. The number of hydrogen-bond donors (Lipinski definition) is 8. The molecule has 0 radical (unpaired) electrons. The number of carbonyl (C=O) groups excluding carboxylic acids is 4. The topological polar surface area (TPSA) is 267 Å². The van der Waals surface area contributed by atoms with E-state index in [0.29, 0.717) is 17.7 Å². The number of carboxylic acids is 1. The van der Waals surface area contributed by atoms with Gasteiger partial charge in [0.1, 0.15) is 17.8 Å². The first kappa shape index (κ1) is 30.6. The third-order valence-corrected chi connectivity index (χ3v) is 5.02. The minimum absolute atomic E-state index is 0.0237. The van der Waals surface area contributed by atoms with Crippen molar-refractivity contribution in [1.82, 2.24) is 16.0 Å². The van der Waals surface area contributed by atoms with Crippen LogP contribution < -0.4 is 43.6 Å². The highest BCUT2D eigenvalue weighted by Crippen LogP contribution is 2.13. The third kappa shape index (κ3) is 12.2. The Labute approximate surface area is 213 Å². The van der Waals surface area contributed by atoms with Crippen molar-refractivity contribution in [2.75, 3.05) is 20.2 Å². The van der Waals surface area contributed by atoms with Crippen LogP contribution in [-0.2, 0) is 30.4 Å². The second-order valence-corrected chi connectivity index (χ2v) is 8.01. The molecule has 1 aromatic rings. The summed E-state index contributed by atoms with van der Waals surface area (Å²) in [6, 6.07) is 3.02. The number of amides is 4. The quantitative estimate of drug-likeness (QED) is 0.0607. The highest BCUT2D eigenvalue weighted by atomic mass is 16.5. The lowest BCUT2D eigenvalue weighted by atomic mass is 10.0. The SMILES string of the molecule is COc1ccc(C[C@H](NC(=O)[C@H](CC(=O)O)NC(=O)CNC(=O)[C@@H](N)CCCN=C(N)N)C(N)=O)cc1. The number of aliphatic carboxylic acids is 1. The van der Waals surface area contributed by atoms with E-state index < -0.39 is 60.7 Å². The van der Waals surface area contributed by atoms with Crippen LogP contribution in [0.4, 0.5) is 0 Å². The molecule has 15 heteroatoms. The van der Waals surface area contributed by atoms with Crippen molar-refractivity contribution in [3.63, 3.8) is 0 Å². The fraction of sp³-hybridized carbons (Fsp3) is 0.455. The van der Waals surface area contributed by atoms with Gasteiger partial charge in [0.05, 0.1) is 26.1 Å². The average molecular weight is 523 g/mol. The van der Waals surface area contributed by atoms with E-state index in [4.69, 9.17) is 32.8 Å². The summed E-state index contributed by atoms with van der Waals surface area (Å²) in [5.74, 6) is -4.13. The molecule has 4 amide bonds. The van der Waals surface area contributed by atoms with Crippen molar-refractivity contribution in [3.8, 4) is 5.75 Å². The molecule has 1 rings (SSSR count). The molecule has 0 spiro atoms. The van der Waals surface area contributed by atoms with Gasteiger partial charge in [0.15, 0.2) is 5.96 Å². The fourth-order valence-electron chi connectivity index (χ4n) is 3.07. The van der Waals surface area contributed by atoms with Crippen molar-refractivity contribution >= 4 is 35.6 Å². The summed E-state index contributed by atoms with van der Waals surface area (Å²) in [5.41, 5.74) is 22.2. The summed E-state index contributed by atoms with van der Waals surface area (Å²) in [6.45, 7) is -0.282. The Bertz CT molecular complexity index is 980. The lowest BCUT2D eigenvalue weighted by molar-refractivity contribution is -0.141. The Morgan fingerprint density at radius 1 is 1.00 bits per heavy atom. The Kier molecular flexibility index (Phi) is 12.9. The number of primary amides is 1. The molecule has 0 saturated heterocycles. The van der Waals surface area contributed by atoms with Crippen LogP contribution in [0.3, 0.4) is 0 Å². The van der Waals surface area contributed by atoms with Crippen molar-refractivity contribution < 1.29 is 33.8 Å². The van der Waals surface area contributed by atoms with E-state index in [0.717, 1.165) is 0 Å². The highest BCUT2D eigenvalue weighted by Gasteiger charge is 2.28. The lowest BCUT2D eigenvalue weighted by Crippen LogP contribution is -2.55. The van der Waals surface area contributed by atoms with Crippen molar-refractivity contribution in [1.29, 1.82) is 0 Å². The monoisotopic (exact) mass is 522 g/mol. The van der Waals surface area contributed by atoms with Gasteiger partial charge in [0.25, 0.3) is 0 Å². The first-order valence-corrected chi connectivity index (χ1v) is 11.2. The number of hydrogen-bond acceptors (Lipinski definition) is 8. The summed E-state index contributed by atoms with van der Waals surface area (Å²) in [6.07, 6.45) is -0.0755. The van der Waals surface area contributed by atoms with Crippen LogP contribution in [0.15, 0.2) is 29.3 Å². The molecule has 0 fully saturated rings. The van der Waals surface area contributed by atoms with Crippen LogP contribution in [0.1, 0.15) is 24.8 Å². The van der Waals surface area contributed by atoms with Gasteiger partial charge in [0, 0.05) is 13.0 Å². The van der Waals surface area contributed by atoms with Gasteiger partial charge in [-0.15, -0.1) is 0 Å². The van der Waals surface area contributed by atoms with E-state index >= 15 is 0 Å². The first-order valence-electron chi connectivity index (χ1n) is 11.2. The molecule has 37 heavy (non-hydrogen) atoms. The maximum atomic E-state index is 12.7. The summed E-state index contributed by atoms with van der Waals surface area (Å²) < 4.78 is 5.07. The first-order chi connectivity index (χ1) is 17.4. The molecular weight excluding hydrogens is 488 g/mol. The summed E-state index contributed by atoms with van der Waals surface area (Å²) in [4.78, 5) is 64.0. The summed E-state index contributed by atoms with van der Waals surface area (Å²) in [7, 11) is 1.50. The third-order valence-electron chi connectivity index (χ3n) is 5.02. The van der Waals surface area contributed by atoms with Gasteiger partial charge in [0.2, 0.25) is 23.6 Å². The number of benzene rings is 1. The van der Waals surface area contributed by atoms with Gasteiger partial charge in [-0.1, -0.05) is 12.1 Å². The minimum Gasteiger partial charge on any atom is -0.497 e. The Morgan fingerprint density at radius 3 is 2.19 bits per heavy atom. The molecule has 1 aromatic carbocycles. The maximum absolute atomic E-state index is 12.7. The van der Waals surface area contributed by atoms with Crippen LogP contribution in [0.2, 0.25) is 0 Å². The molecule has 3 atom stereocenters. The van der Waals surface area contributed by atoms with Gasteiger partial charge in [-0.05, 0) is 30.5 Å². The second-order valence-electron chi connectivity index (χ2n) is 8.01. The zero-order chi connectivity index (χ0) is 28.0. The number of nitrogens with one attached hydrogen (secondary N) is 3. The Hall–Kier alpha value is -4.40. The van der Waals surface area contributed by atoms with Crippen LogP contribution in [0, 0.1) is 0 Å². The van der Waals surface area contributed by atoms with Gasteiger partial charge < -0.3 is 48.7 Å². The molecule has 0 aliphatic carbocycles. The molecule has 15 nitrogen and oxygen atoms in total. The lowest BCUT2D eigenvalue weighted by Gasteiger charge is -2.21. The molecule has 0 saturated carbocycles. The molecule has 0 heterocycles. The normalized spacial score (nSPS) is 12.8. The zero-order valence-electron chi connectivity index (χ0n) is 20.4. The maximum Gasteiger partial charge on any atom is 0.305 e. The van der Waals surface area contributed by atoms with E-state index in [2.05, 4.69) is 20.9 Å². The van der Waals surface area contributed by atoms with Gasteiger partial charge >= 0.3 is 5.97 Å². The molecule has 0 aliphatic heterocycles. The van der Waals surface area contributed by atoms with Gasteiger partial charge in [-0.3, -0.25) is 29.0 Å². The zero-order valence-corrected chi connectivity index (χ0v) is 20.4.